The summed E-state index contributed by atoms with van der Waals surface area (Å²) < 4.78 is 0. The lowest BCUT2D eigenvalue weighted by Crippen LogP contribution is -2.14. The van der Waals surface area contributed by atoms with Crippen LogP contribution < -0.4 is 5.32 Å². The fraction of sp³-hybridized carbons (Fsp3) is 0.125. The highest BCUT2D eigenvalue weighted by molar-refractivity contribution is 6.33. The van der Waals surface area contributed by atoms with Gasteiger partial charge in [0.2, 0.25) is 0 Å². The summed E-state index contributed by atoms with van der Waals surface area (Å²) in [5.74, 6) is 1.26. The van der Waals surface area contributed by atoms with E-state index in [1.807, 2.05) is 37.3 Å². The number of hydrogen-bond acceptors (Lipinski definition) is 5. The number of halogens is 1. The zero-order chi connectivity index (χ0) is 17.1. The molecular formula is C16H14ClN5O2. The normalized spacial score (nSPS) is 11.9. The summed E-state index contributed by atoms with van der Waals surface area (Å²) in [5, 5.41) is 21.4. The zero-order valence-corrected chi connectivity index (χ0v) is 13.5. The van der Waals surface area contributed by atoms with Gasteiger partial charge < -0.3 is 5.32 Å². The molecule has 1 unspecified atom stereocenters. The molecule has 0 saturated carbocycles. The van der Waals surface area contributed by atoms with E-state index in [-0.39, 0.29) is 16.8 Å². The van der Waals surface area contributed by atoms with Crippen molar-refractivity contribution in [2.45, 2.75) is 13.0 Å². The highest BCUT2D eigenvalue weighted by Gasteiger charge is 2.20. The van der Waals surface area contributed by atoms with Crippen molar-refractivity contribution in [3.8, 4) is 0 Å². The molecule has 3 aromatic rings. The van der Waals surface area contributed by atoms with E-state index in [4.69, 9.17) is 11.6 Å². The Labute approximate surface area is 142 Å². The smallest absolute Gasteiger partial charge is 0.271 e. The Morgan fingerprint density at radius 2 is 2.00 bits per heavy atom. The summed E-state index contributed by atoms with van der Waals surface area (Å²) >= 11 is 6.18. The first-order valence-corrected chi connectivity index (χ1v) is 7.56. The highest BCUT2D eigenvalue weighted by atomic mass is 35.5. The van der Waals surface area contributed by atoms with E-state index in [2.05, 4.69) is 20.5 Å². The second-order valence-electron chi connectivity index (χ2n) is 5.19. The molecule has 8 heteroatoms. The van der Waals surface area contributed by atoms with Gasteiger partial charge in [0.05, 0.1) is 15.6 Å². The largest absolute Gasteiger partial charge is 0.370 e. The third-order valence-corrected chi connectivity index (χ3v) is 3.78. The van der Waals surface area contributed by atoms with Crippen LogP contribution in [0.15, 0.2) is 48.5 Å². The zero-order valence-electron chi connectivity index (χ0n) is 12.7. The number of nitrogens with zero attached hydrogens (tertiary/aromatic N) is 3. The molecule has 0 saturated heterocycles. The van der Waals surface area contributed by atoms with Crippen LogP contribution in [0.25, 0.3) is 0 Å². The number of anilines is 1. The van der Waals surface area contributed by atoms with Crippen molar-refractivity contribution >= 4 is 23.0 Å². The number of aromatic amines is 1. The van der Waals surface area contributed by atoms with Gasteiger partial charge in [0.15, 0.2) is 5.82 Å². The third-order valence-electron chi connectivity index (χ3n) is 3.47. The van der Waals surface area contributed by atoms with Gasteiger partial charge in [-0.1, -0.05) is 41.9 Å². The molecule has 3 rings (SSSR count). The van der Waals surface area contributed by atoms with Gasteiger partial charge in [0, 0.05) is 12.1 Å². The molecule has 0 bridgehead atoms. The second-order valence-corrected chi connectivity index (χ2v) is 5.60. The first kappa shape index (κ1) is 15.9. The van der Waals surface area contributed by atoms with Gasteiger partial charge in [0.25, 0.3) is 5.69 Å². The first-order chi connectivity index (χ1) is 11.5. The number of aryl methyl sites for hydroxylation is 1. The van der Waals surface area contributed by atoms with Crippen LogP contribution in [-0.2, 0) is 0 Å². The Balaban J connectivity index is 1.97. The van der Waals surface area contributed by atoms with Crippen LogP contribution >= 0.6 is 11.6 Å². The molecule has 2 N–H and O–H groups in total. The van der Waals surface area contributed by atoms with E-state index in [0.29, 0.717) is 17.3 Å². The number of hydrogen-bond donors (Lipinski definition) is 2. The Kier molecular flexibility index (Phi) is 4.43. The number of nitrogens with one attached hydrogen (secondary N) is 2. The van der Waals surface area contributed by atoms with Crippen molar-refractivity contribution in [1.82, 2.24) is 15.2 Å². The molecular weight excluding hydrogens is 330 g/mol. The molecule has 122 valence electrons. The molecule has 24 heavy (non-hydrogen) atoms. The van der Waals surface area contributed by atoms with Crippen molar-refractivity contribution in [3.05, 3.63) is 80.9 Å². The molecule has 7 nitrogen and oxygen atoms in total. The standard InChI is InChI=1S/C16H14ClN5O2/c1-10-18-16(21-20-10)15(11-5-3-2-4-6-11)19-14-8-7-12(22(23)24)9-13(14)17/h2-9,15,19H,1H3,(H,18,20,21). The Morgan fingerprint density at radius 1 is 1.25 bits per heavy atom. The lowest BCUT2D eigenvalue weighted by molar-refractivity contribution is -0.384. The van der Waals surface area contributed by atoms with Gasteiger partial charge in [0.1, 0.15) is 11.9 Å². The second kappa shape index (κ2) is 6.67. The maximum Gasteiger partial charge on any atom is 0.271 e. The summed E-state index contributed by atoms with van der Waals surface area (Å²) in [5.41, 5.74) is 1.46. The Hall–Kier alpha value is -2.93. The monoisotopic (exact) mass is 343 g/mol. The number of nitro groups is 1. The number of benzene rings is 2. The van der Waals surface area contributed by atoms with Crippen molar-refractivity contribution in [2.75, 3.05) is 5.32 Å². The number of aromatic nitrogens is 3. The predicted octanol–water partition coefficient (Wildman–Crippen LogP) is 3.88. The molecule has 0 aliphatic carbocycles. The van der Waals surface area contributed by atoms with Crippen LogP contribution in [0.3, 0.4) is 0 Å². The van der Waals surface area contributed by atoms with Crippen molar-refractivity contribution in [1.29, 1.82) is 0 Å². The number of rotatable bonds is 5. The number of non-ortho nitro benzene ring substituents is 1. The third kappa shape index (κ3) is 3.36. The average molecular weight is 344 g/mol. The average Bonchev–Trinajstić information content (AvgIpc) is 3.00. The highest BCUT2D eigenvalue weighted by Crippen LogP contribution is 2.31. The summed E-state index contributed by atoms with van der Waals surface area (Å²) in [6.07, 6.45) is 0. The van der Waals surface area contributed by atoms with Crippen LogP contribution in [0.2, 0.25) is 5.02 Å². The molecule has 2 aromatic carbocycles. The molecule has 0 amide bonds. The van der Waals surface area contributed by atoms with Crippen molar-refractivity contribution < 1.29 is 4.92 Å². The summed E-state index contributed by atoms with van der Waals surface area (Å²) in [6.45, 7) is 1.82. The minimum atomic E-state index is -0.483. The van der Waals surface area contributed by atoms with Gasteiger partial charge in [-0.25, -0.2) is 4.98 Å². The minimum absolute atomic E-state index is 0.0597. The summed E-state index contributed by atoms with van der Waals surface area (Å²) in [4.78, 5) is 14.7. The Morgan fingerprint density at radius 3 is 2.58 bits per heavy atom. The van der Waals surface area contributed by atoms with Crippen LogP contribution in [0.4, 0.5) is 11.4 Å². The topological polar surface area (TPSA) is 96.7 Å². The van der Waals surface area contributed by atoms with Crippen LogP contribution in [0.5, 0.6) is 0 Å². The van der Waals surface area contributed by atoms with Crippen molar-refractivity contribution in [2.24, 2.45) is 0 Å². The molecule has 0 radical (unpaired) electrons. The molecule has 1 aromatic heterocycles. The maximum absolute atomic E-state index is 10.8. The molecule has 0 aliphatic heterocycles. The van der Waals surface area contributed by atoms with E-state index >= 15 is 0 Å². The van der Waals surface area contributed by atoms with Gasteiger partial charge in [-0.15, -0.1) is 0 Å². The number of H-pyrrole nitrogens is 1. The fourth-order valence-electron chi connectivity index (χ4n) is 2.32. The summed E-state index contributed by atoms with van der Waals surface area (Å²) in [6, 6.07) is 13.6. The van der Waals surface area contributed by atoms with Gasteiger partial charge >= 0.3 is 0 Å². The van der Waals surface area contributed by atoms with Crippen LogP contribution in [0, 0.1) is 17.0 Å². The summed E-state index contributed by atoms with van der Waals surface area (Å²) in [7, 11) is 0. The van der Waals surface area contributed by atoms with E-state index in [1.165, 1.54) is 12.1 Å². The lowest BCUT2D eigenvalue weighted by atomic mass is 10.1. The molecule has 0 aliphatic rings. The van der Waals surface area contributed by atoms with Gasteiger partial charge in [-0.05, 0) is 18.6 Å². The molecule has 0 fully saturated rings. The van der Waals surface area contributed by atoms with Gasteiger partial charge in [-0.3, -0.25) is 15.2 Å². The van der Waals surface area contributed by atoms with E-state index in [0.717, 1.165) is 5.56 Å². The van der Waals surface area contributed by atoms with Gasteiger partial charge in [-0.2, -0.15) is 5.10 Å². The Bertz CT molecular complexity index is 866. The predicted molar refractivity (Wildman–Crippen MR) is 91.1 cm³/mol. The van der Waals surface area contributed by atoms with E-state index in [1.54, 1.807) is 6.07 Å². The molecule has 1 atom stereocenters. The SMILES string of the molecule is Cc1nc(C(Nc2ccc([N+](=O)[O-])cc2Cl)c2ccccc2)n[nH]1. The fourth-order valence-corrected chi connectivity index (χ4v) is 2.55. The van der Waals surface area contributed by atoms with Crippen LogP contribution in [0.1, 0.15) is 23.3 Å². The number of nitro benzene ring substituents is 1. The van der Waals surface area contributed by atoms with Crippen molar-refractivity contribution in [3.63, 3.8) is 0 Å². The quantitative estimate of drug-likeness (QED) is 0.541. The van der Waals surface area contributed by atoms with Crippen LogP contribution in [-0.4, -0.2) is 20.1 Å². The van der Waals surface area contributed by atoms with E-state index in [9.17, 15) is 10.1 Å². The van der Waals surface area contributed by atoms with E-state index < -0.39 is 4.92 Å². The lowest BCUT2D eigenvalue weighted by Gasteiger charge is -2.18. The molecule has 0 spiro atoms. The molecule has 1 heterocycles. The first-order valence-electron chi connectivity index (χ1n) is 7.19. The maximum atomic E-state index is 10.8. The minimum Gasteiger partial charge on any atom is -0.370 e.